The highest BCUT2D eigenvalue weighted by atomic mass is 19.4. The van der Waals surface area contributed by atoms with Crippen molar-refractivity contribution >= 4 is 17.4 Å². The van der Waals surface area contributed by atoms with Crippen molar-refractivity contribution in [3.05, 3.63) is 82.8 Å². The fourth-order valence-corrected chi connectivity index (χ4v) is 4.16. The minimum atomic E-state index is -4.76. The number of nitrogens with one attached hydrogen (secondary N) is 1. The van der Waals surface area contributed by atoms with Gasteiger partial charge in [-0.3, -0.25) is 14.1 Å². The summed E-state index contributed by atoms with van der Waals surface area (Å²) in [4.78, 5) is 23.5. The molecule has 4 aromatic rings. The van der Waals surface area contributed by atoms with E-state index in [9.17, 15) is 28.2 Å². The number of halogens is 3. The van der Waals surface area contributed by atoms with Gasteiger partial charge in [-0.2, -0.15) is 13.2 Å². The Kier molecular flexibility index (Phi) is 8.10. The van der Waals surface area contributed by atoms with Crippen molar-refractivity contribution in [2.75, 3.05) is 31.6 Å². The van der Waals surface area contributed by atoms with Crippen LogP contribution < -0.4 is 5.32 Å². The first-order chi connectivity index (χ1) is 18.1. The number of aliphatic hydroxyl groups excluding tert-OH is 2. The Hall–Kier alpha value is -3.80. The predicted octanol–water partition coefficient (Wildman–Crippen LogP) is 4.07. The Morgan fingerprint density at radius 2 is 1.79 bits per heavy atom. The molecule has 0 atom stereocenters. The Morgan fingerprint density at radius 1 is 1.05 bits per heavy atom. The molecule has 0 fully saturated rings. The molecule has 200 valence electrons. The van der Waals surface area contributed by atoms with Crippen LogP contribution in [0.2, 0.25) is 0 Å². The second-order valence-corrected chi connectivity index (χ2v) is 9.05. The van der Waals surface area contributed by atoms with E-state index < -0.39 is 23.2 Å². The molecule has 0 saturated heterocycles. The molecule has 0 aliphatic carbocycles. The monoisotopic (exact) mass is 527 g/mol. The van der Waals surface area contributed by atoms with Gasteiger partial charge in [-0.15, -0.1) is 0 Å². The third-order valence-corrected chi connectivity index (χ3v) is 6.09. The largest absolute Gasteiger partial charge is 0.417 e. The van der Waals surface area contributed by atoms with Crippen molar-refractivity contribution in [3.63, 3.8) is 0 Å². The maximum absolute atomic E-state index is 14.0. The highest BCUT2D eigenvalue weighted by Crippen LogP contribution is 2.34. The average Bonchev–Trinajstić information content (AvgIpc) is 3.28. The van der Waals surface area contributed by atoms with E-state index in [4.69, 9.17) is 0 Å². The van der Waals surface area contributed by atoms with E-state index in [0.29, 0.717) is 33.8 Å². The molecule has 0 radical (unpaired) electrons. The molecule has 4 rings (SSSR count). The Balaban J connectivity index is 1.62. The summed E-state index contributed by atoms with van der Waals surface area (Å²) in [7, 11) is 0. The molecule has 38 heavy (non-hydrogen) atoms. The van der Waals surface area contributed by atoms with E-state index in [1.54, 1.807) is 40.8 Å². The van der Waals surface area contributed by atoms with Gasteiger partial charge >= 0.3 is 6.18 Å². The number of nitrogens with zero attached hydrogens (tertiary/aromatic N) is 4. The van der Waals surface area contributed by atoms with Crippen LogP contribution in [0.4, 0.5) is 18.9 Å². The Labute approximate surface area is 217 Å². The number of aromatic nitrogens is 3. The molecule has 11 heteroatoms. The number of fused-ring (bicyclic) bond motifs is 1. The quantitative estimate of drug-likeness (QED) is 0.303. The maximum Gasteiger partial charge on any atom is 0.417 e. The number of carbonyl (C=O) groups is 1. The number of rotatable bonds is 9. The zero-order valence-electron chi connectivity index (χ0n) is 21.0. The second kappa shape index (κ2) is 11.3. The van der Waals surface area contributed by atoms with E-state index in [2.05, 4.69) is 15.3 Å². The summed E-state index contributed by atoms with van der Waals surface area (Å²) in [6.07, 6.45) is 0.612. The molecular weight excluding hydrogens is 499 g/mol. The van der Waals surface area contributed by atoms with Gasteiger partial charge in [0.2, 0.25) is 5.78 Å². The average molecular weight is 528 g/mol. The predicted molar refractivity (Wildman–Crippen MR) is 137 cm³/mol. The zero-order chi connectivity index (χ0) is 27.4. The summed E-state index contributed by atoms with van der Waals surface area (Å²) in [5.41, 5.74) is 2.02. The first kappa shape index (κ1) is 27.2. The highest BCUT2D eigenvalue weighted by molar-refractivity contribution is 6.06. The van der Waals surface area contributed by atoms with Crippen molar-refractivity contribution in [2.24, 2.45) is 0 Å². The smallest absolute Gasteiger partial charge is 0.395 e. The molecular formula is C27H28F3N5O3. The molecule has 0 aliphatic rings. The first-order valence-corrected chi connectivity index (χ1v) is 12.0. The summed E-state index contributed by atoms with van der Waals surface area (Å²) in [5.74, 6) is -0.387. The topological polar surface area (TPSA) is 103 Å². The number of aryl methyl sites for hydroxylation is 2. The van der Waals surface area contributed by atoms with Crippen molar-refractivity contribution in [3.8, 4) is 11.3 Å². The van der Waals surface area contributed by atoms with Gasteiger partial charge in [0.1, 0.15) is 0 Å². The lowest BCUT2D eigenvalue weighted by molar-refractivity contribution is -0.138. The molecule has 2 aromatic heterocycles. The minimum absolute atomic E-state index is 0.0840. The fraction of sp³-hybridized carbons (Fsp3) is 0.296. The van der Waals surface area contributed by atoms with Gasteiger partial charge in [0.05, 0.1) is 30.0 Å². The third-order valence-electron chi connectivity index (χ3n) is 6.09. The lowest BCUT2D eigenvalue weighted by Crippen LogP contribution is -2.29. The second-order valence-electron chi connectivity index (χ2n) is 9.05. The van der Waals surface area contributed by atoms with Crippen molar-refractivity contribution in [1.29, 1.82) is 0 Å². The van der Waals surface area contributed by atoms with Crippen LogP contribution in [0, 0.1) is 13.8 Å². The Morgan fingerprint density at radius 3 is 2.47 bits per heavy atom. The lowest BCUT2D eigenvalue weighted by Gasteiger charge is -2.21. The van der Waals surface area contributed by atoms with E-state index in [0.717, 1.165) is 17.7 Å². The number of alkyl halides is 3. The van der Waals surface area contributed by atoms with E-state index in [-0.39, 0.29) is 32.8 Å². The van der Waals surface area contributed by atoms with Crippen LogP contribution in [0.3, 0.4) is 0 Å². The molecule has 2 aromatic carbocycles. The third kappa shape index (κ3) is 6.18. The first-order valence-electron chi connectivity index (χ1n) is 12.0. The minimum Gasteiger partial charge on any atom is -0.395 e. The lowest BCUT2D eigenvalue weighted by atomic mass is 10.0. The van der Waals surface area contributed by atoms with E-state index >= 15 is 0 Å². The van der Waals surface area contributed by atoms with Crippen LogP contribution in [-0.2, 0) is 12.7 Å². The number of hydrogen-bond acceptors (Lipinski definition) is 6. The molecule has 0 spiro atoms. The van der Waals surface area contributed by atoms with Crippen LogP contribution in [0.5, 0.6) is 0 Å². The van der Waals surface area contributed by atoms with Crippen molar-refractivity contribution < 1.29 is 28.2 Å². The van der Waals surface area contributed by atoms with Crippen LogP contribution in [-0.4, -0.2) is 61.7 Å². The molecule has 3 N–H and O–H groups in total. The number of anilines is 1. The van der Waals surface area contributed by atoms with Gasteiger partial charge in [0.15, 0.2) is 0 Å². The summed E-state index contributed by atoms with van der Waals surface area (Å²) in [5, 5.41) is 21.0. The number of imidazole rings is 1. The number of amides is 1. The van der Waals surface area contributed by atoms with Gasteiger partial charge < -0.3 is 15.5 Å². The van der Waals surface area contributed by atoms with Crippen molar-refractivity contribution in [2.45, 2.75) is 26.6 Å². The number of hydrogen-bond donors (Lipinski definition) is 3. The van der Waals surface area contributed by atoms with Gasteiger partial charge in [-0.05, 0) is 48.7 Å². The van der Waals surface area contributed by atoms with Gasteiger partial charge in [-0.25, -0.2) is 9.97 Å². The van der Waals surface area contributed by atoms with Gasteiger partial charge in [-0.1, -0.05) is 18.2 Å². The van der Waals surface area contributed by atoms with Gasteiger partial charge in [0, 0.05) is 49.5 Å². The highest BCUT2D eigenvalue weighted by Gasteiger charge is 2.35. The van der Waals surface area contributed by atoms with E-state index in [1.807, 2.05) is 19.2 Å². The standard InChI is InChI=1S/C27H28F3N5O3/c1-17-13-31-26-33-24(16-35(26)14-17)20-5-3-18(2)23(12-20)32-25(38)21-6-4-19(11-22(21)27(28,29)30)15-34(7-9-36)8-10-37/h3-6,11-14,16,36-37H,7-10,15H2,1-2H3,(H,32,38). The summed E-state index contributed by atoms with van der Waals surface area (Å²) < 4.78 is 43.7. The van der Waals surface area contributed by atoms with Crippen molar-refractivity contribution in [1.82, 2.24) is 19.3 Å². The normalized spacial score (nSPS) is 11.9. The molecule has 0 aliphatic heterocycles. The molecule has 0 saturated carbocycles. The summed E-state index contributed by atoms with van der Waals surface area (Å²) in [6.45, 7) is 3.74. The fourth-order valence-electron chi connectivity index (χ4n) is 4.16. The van der Waals surface area contributed by atoms with Crippen LogP contribution in [0.15, 0.2) is 55.0 Å². The van der Waals surface area contributed by atoms with Gasteiger partial charge in [0.25, 0.3) is 5.91 Å². The number of benzene rings is 2. The number of carbonyl (C=O) groups excluding carboxylic acids is 1. The van der Waals surface area contributed by atoms with Crippen LogP contribution in [0.1, 0.15) is 32.6 Å². The summed E-state index contributed by atoms with van der Waals surface area (Å²) in [6, 6.07) is 8.79. The van der Waals surface area contributed by atoms with E-state index in [1.165, 1.54) is 6.07 Å². The zero-order valence-corrected chi connectivity index (χ0v) is 21.0. The molecule has 1 amide bonds. The maximum atomic E-state index is 14.0. The molecule has 0 unspecified atom stereocenters. The summed E-state index contributed by atoms with van der Waals surface area (Å²) >= 11 is 0. The number of aliphatic hydroxyl groups is 2. The molecule has 0 bridgehead atoms. The Bertz CT molecular complexity index is 1450. The van der Waals surface area contributed by atoms with Crippen LogP contribution >= 0.6 is 0 Å². The molecule has 8 nitrogen and oxygen atoms in total. The van der Waals surface area contributed by atoms with Crippen LogP contribution in [0.25, 0.3) is 17.0 Å². The SMILES string of the molecule is Cc1cnc2nc(-c3ccc(C)c(NC(=O)c4ccc(CN(CCO)CCO)cc4C(F)(F)F)c3)cn2c1. The molecule has 2 heterocycles.